The Hall–Kier alpha value is -0.120. The fraction of sp³-hybridized carbons (Fsp3) is 1.00. The maximum atomic E-state index is 9.23. The molecule has 0 aromatic heterocycles. The minimum Gasteiger partial charge on any atom is -0.393 e. The van der Waals surface area contributed by atoms with Crippen LogP contribution < -0.4 is 10.6 Å². The Labute approximate surface area is 126 Å². The second kappa shape index (κ2) is 11.5. The molecule has 0 aromatic carbocycles. The number of aliphatic hydroxyl groups is 1. The van der Waals surface area contributed by atoms with Crippen molar-refractivity contribution in [2.45, 2.75) is 97.9 Å². The van der Waals surface area contributed by atoms with E-state index in [1.807, 2.05) is 0 Å². The normalized spacial score (nSPS) is 24.4. The molecule has 3 nitrogen and oxygen atoms in total. The van der Waals surface area contributed by atoms with Crippen LogP contribution in [0, 0.1) is 5.92 Å². The third-order valence-electron chi connectivity index (χ3n) is 3.84. The second-order valence-electron chi connectivity index (χ2n) is 6.90. The molecule has 20 heavy (non-hydrogen) atoms. The summed E-state index contributed by atoms with van der Waals surface area (Å²) < 4.78 is 0. The van der Waals surface area contributed by atoms with Gasteiger partial charge in [0, 0.05) is 18.1 Å². The van der Waals surface area contributed by atoms with E-state index in [0.29, 0.717) is 18.1 Å². The van der Waals surface area contributed by atoms with Gasteiger partial charge in [-0.1, -0.05) is 48.0 Å². The Kier molecular flexibility index (Phi) is 11.5. The summed E-state index contributed by atoms with van der Waals surface area (Å²) in [5, 5.41) is 16.1. The van der Waals surface area contributed by atoms with Crippen molar-refractivity contribution < 1.29 is 5.11 Å². The Morgan fingerprint density at radius 2 is 1.50 bits per heavy atom. The number of rotatable bonds is 6. The van der Waals surface area contributed by atoms with Crippen molar-refractivity contribution in [2.24, 2.45) is 5.92 Å². The van der Waals surface area contributed by atoms with E-state index in [1.165, 1.54) is 6.42 Å². The quantitative estimate of drug-likeness (QED) is 0.702. The maximum Gasteiger partial charge on any atom is 0.0541 e. The summed E-state index contributed by atoms with van der Waals surface area (Å²) in [4.78, 5) is 0. The Morgan fingerprint density at radius 1 is 0.950 bits per heavy atom. The number of hydrogen-bond donors (Lipinski definition) is 3. The number of aliphatic hydroxyl groups excluding tert-OH is 1. The fourth-order valence-electron chi connectivity index (χ4n) is 2.30. The molecular weight excluding hydrogens is 248 g/mol. The van der Waals surface area contributed by atoms with Crippen molar-refractivity contribution in [3.8, 4) is 0 Å². The zero-order valence-electron chi connectivity index (χ0n) is 14.6. The predicted molar refractivity (Wildman–Crippen MR) is 89.1 cm³/mol. The molecule has 1 rings (SSSR count). The van der Waals surface area contributed by atoms with Gasteiger partial charge in [0.15, 0.2) is 0 Å². The molecule has 0 heterocycles. The van der Waals surface area contributed by atoms with Gasteiger partial charge in [0.1, 0.15) is 0 Å². The van der Waals surface area contributed by atoms with Gasteiger partial charge in [-0.25, -0.2) is 0 Å². The topological polar surface area (TPSA) is 44.3 Å². The van der Waals surface area contributed by atoms with Crippen molar-refractivity contribution in [1.82, 2.24) is 10.6 Å². The molecule has 1 fully saturated rings. The van der Waals surface area contributed by atoms with Crippen LogP contribution in [-0.2, 0) is 0 Å². The van der Waals surface area contributed by atoms with Crippen LogP contribution in [0.4, 0.5) is 0 Å². The van der Waals surface area contributed by atoms with Crippen molar-refractivity contribution >= 4 is 0 Å². The lowest BCUT2D eigenvalue weighted by Crippen LogP contribution is -2.38. The molecule has 1 saturated carbocycles. The highest BCUT2D eigenvalue weighted by Gasteiger charge is 2.18. The van der Waals surface area contributed by atoms with E-state index in [1.54, 1.807) is 0 Å². The molecule has 3 heteroatoms. The molecule has 0 bridgehead atoms. The average Bonchev–Trinajstić information content (AvgIpc) is 2.39. The van der Waals surface area contributed by atoms with E-state index in [-0.39, 0.29) is 6.10 Å². The Balaban J connectivity index is 0.000000370. The van der Waals surface area contributed by atoms with Gasteiger partial charge in [0.2, 0.25) is 0 Å². The lowest BCUT2D eigenvalue weighted by atomic mass is 9.93. The van der Waals surface area contributed by atoms with Crippen LogP contribution >= 0.6 is 0 Å². The molecule has 1 unspecified atom stereocenters. The Morgan fingerprint density at radius 3 is 1.90 bits per heavy atom. The van der Waals surface area contributed by atoms with Crippen LogP contribution in [0.3, 0.4) is 0 Å². The summed E-state index contributed by atoms with van der Waals surface area (Å²) in [5.74, 6) is 0.826. The summed E-state index contributed by atoms with van der Waals surface area (Å²) in [5.41, 5.74) is 0. The molecule has 1 aliphatic carbocycles. The van der Waals surface area contributed by atoms with Crippen molar-refractivity contribution in [2.75, 3.05) is 6.54 Å². The molecule has 0 aliphatic heterocycles. The van der Waals surface area contributed by atoms with Crippen LogP contribution in [-0.4, -0.2) is 35.9 Å². The summed E-state index contributed by atoms with van der Waals surface area (Å²) in [7, 11) is 0. The predicted octanol–water partition coefficient (Wildman–Crippen LogP) is 3.32. The first-order valence-electron chi connectivity index (χ1n) is 8.52. The first-order valence-corrected chi connectivity index (χ1v) is 8.52. The summed E-state index contributed by atoms with van der Waals surface area (Å²) in [6, 6.07) is 1.87. The van der Waals surface area contributed by atoms with Crippen LogP contribution in [0.2, 0.25) is 0 Å². The van der Waals surface area contributed by atoms with Gasteiger partial charge in [0.25, 0.3) is 0 Å². The lowest BCUT2D eigenvalue weighted by Gasteiger charge is -2.27. The molecule has 0 spiro atoms. The molecule has 0 aromatic rings. The van der Waals surface area contributed by atoms with Crippen LogP contribution in [0.15, 0.2) is 0 Å². The molecule has 0 saturated heterocycles. The first-order chi connectivity index (χ1) is 9.35. The van der Waals surface area contributed by atoms with Gasteiger partial charge >= 0.3 is 0 Å². The van der Waals surface area contributed by atoms with Crippen LogP contribution in [0.25, 0.3) is 0 Å². The third kappa shape index (κ3) is 11.7. The number of nitrogens with one attached hydrogen (secondary N) is 2. The van der Waals surface area contributed by atoms with Crippen LogP contribution in [0.1, 0.15) is 73.6 Å². The minimum atomic E-state index is -0.0276. The van der Waals surface area contributed by atoms with Crippen molar-refractivity contribution in [1.29, 1.82) is 0 Å². The molecule has 1 aliphatic rings. The number of hydrogen-bond acceptors (Lipinski definition) is 3. The zero-order chi connectivity index (χ0) is 15.5. The Bertz CT molecular complexity index is 211. The third-order valence-corrected chi connectivity index (χ3v) is 3.84. The standard InChI is InChI=1S/C9H19NO.C8H19N/c1-7(2)10-8-3-5-9(11)6-4-8;1-5-8(4)6-9-7(2)3/h7-11H,3-6H2,1-2H3;7-9H,5-6H2,1-4H3. The zero-order valence-corrected chi connectivity index (χ0v) is 14.6. The summed E-state index contributed by atoms with van der Waals surface area (Å²) in [6.07, 6.45) is 5.48. The van der Waals surface area contributed by atoms with E-state index in [4.69, 9.17) is 0 Å². The molecule has 0 amide bonds. The van der Waals surface area contributed by atoms with Crippen molar-refractivity contribution in [3.63, 3.8) is 0 Å². The van der Waals surface area contributed by atoms with Gasteiger partial charge < -0.3 is 15.7 Å². The van der Waals surface area contributed by atoms with E-state index in [2.05, 4.69) is 52.2 Å². The SMILES string of the molecule is CC(C)NC1CCC(O)CC1.CCC(C)CNC(C)C. The monoisotopic (exact) mass is 286 g/mol. The fourth-order valence-corrected chi connectivity index (χ4v) is 2.30. The molecule has 0 radical (unpaired) electrons. The van der Waals surface area contributed by atoms with Crippen molar-refractivity contribution in [3.05, 3.63) is 0 Å². The highest BCUT2D eigenvalue weighted by molar-refractivity contribution is 4.77. The molecule has 1 atom stereocenters. The van der Waals surface area contributed by atoms with Gasteiger partial charge in [-0.3, -0.25) is 0 Å². The van der Waals surface area contributed by atoms with Gasteiger partial charge in [-0.2, -0.15) is 0 Å². The first kappa shape index (κ1) is 19.9. The second-order valence-corrected chi connectivity index (χ2v) is 6.90. The summed E-state index contributed by atoms with van der Waals surface area (Å²) >= 11 is 0. The van der Waals surface area contributed by atoms with E-state index in [0.717, 1.165) is 38.1 Å². The van der Waals surface area contributed by atoms with Crippen LogP contribution in [0.5, 0.6) is 0 Å². The van der Waals surface area contributed by atoms with Gasteiger partial charge in [-0.05, 0) is 38.1 Å². The average molecular weight is 287 g/mol. The highest BCUT2D eigenvalue weighted by atomic mass is 16.3. The lowest BCUT2D eigenvalue weighted by molar-refractivity contribution is 0.115. The minimum absolute atomic E-state index is 0.0276. The van der Waals surface area contributed by atoms with E-state index < -0.39 is 0 Å². The summed E-state index contributed by atoms with van der Waals surface area (Å²) in [6.45, 7) is 14.4. The van der Waals surface area contributed by atoms with E-state index >= 15 is 0 Å². The van der Waals surface area contributed by atoms with E-state index in [9.17, 15) is 5.11 Å². The molecule has 122 valence electrons. The molecular formula is C17H38N2O. The molecule has 3 N–H and O–H groups in total. The van der Waals surface area contributed by atoms with Gasteiger partial charge in [0.05, 0.1) is 6.10 Å². The van der Waals surface area contributed by atoms with Gasteiger partial charge in [-0.15, -0.1) is 0 Å². The maximum absolute atomic E-state index is 9.23. The largest absolute Gasteiger partial charge is 0.393 e. The highest BCUT2D eigenvalue weighted by Crippen LogP contribution is 2.18. The smallest absolute Gasteiger partial charge is 0.0541 e.